The Kier molecular flexibility index (Phi) is 4.78. The van der Waals surface area contributed by atoms with Gasteiger partial charge in [0.1, 0.15) is 17.3 Å². The first kappa shape index (κ1) is 17.5. The van der Waals surface area contributed by atoms with Gasteiger partial charge in [-0.25, -0.2) is 4.98 Å². The van der Waals surface area contributed by atoms with Crippen molar-refractivity contribution < 1.29 is 9.53 Å². The number of anilines is 1. The molecule has 0 bridgehead atoms. The van der Waals surface area contributed by atoms with E-state index in [0.29, 0.717) is 31.4 Å². The van der Waals surface area contributed by atoms with Gasteiger partial charge in [-0.1, -0.05) is 0 Å². The van der Waals surface area contributed by atoms with Crippen LogP contribution in [0.25, 0.3) is 22.3 Å². The summed E-state index contributed by atoms with van der Waals surface area (Å²) in [7, 11) is 1.90. The minimum atomic E-state index is -0.0815. The predicted octanol–water partition coefficient (Wildman–Crippen LogP) is 1.00. The maximum absolute atomic E-state index is 12.3. The highest BCUT2D eigenvalue weighted by molar-refractivity contribution is 5.94. The Morgan fingerprint density at radius 1 is 1.15 bits per heavy atom. The lowest BCUT2D eigenvalue weighted by atomic mass is 10.2. The zero-order valence-corrected chi connectivity index (χ0v) is 15.3. The predicted molar refractivity (Wildman–Crippen MR) is 100 cm³/mol. The number of rotatable bonds is 4. The first-order chi connectivity index (χ1) is 13.1. The van der Waals surface area contributed by atoms with E-state index in [-0.39, 0.29) is 5.91 Å². The number of hydrogen-bond donors (Lipinski definition) is 1. The van der Waals surface area contributed by atoms with Crippen molar-refractivity contribution >= 4 is 22.5 Å². The molecule has 0 atom stereocenters. The van der Waals surface area contributed by atoms with E-state index >= 15 is 0 Å². The van der Waals surface area contributed by atoms with E-state index in [1.807, 2.05) is 30.7 Å². The average molecular weight is 367 g/mol. The summed E-state index contributed by atoms with van der Waals surface area (Å²) in [5.74, 6) is 1.95. The number of morpholine rings is 1. The van der Waals surface area contributed by atoms with Gasteiger partial charge in [-0.15, -0.1) is 10.2 Å². The van der Waals surface area contributed by atoms with Gasteiger partial charge in [-0.3, -0.25) is 14.7 Å². The van der Waals surface area contributed by atoms with Crippen LogP contribution < -0.4 is 5.32 Å². The molecule has 4 rings (SSSR count). The molecule has 0 spiro atoms. The molecule has 3 aromatic heterocycles. The molecule has 0 unspecified atom stereocenters. The molecule has 1 aliphatic heterocycles. The van der Waals surface area contributed by atoms with Crippen LogP contribution in [-0.2, 0) is 16.6 Å². The third-order valence-electron chi connectivity index (χ3n) is 4.66. The second-order valence-electron chi connectivity index (χ2n) is 6.55. The number of nitrogens with zero attached hydrogens (tertiary/aromatic N) is 6. The summed E-state index contributed by atoms with van der Waals surface area (Å²) in [5, 5.41) is 12.9. The third kappa shape index (κ3) is 3.79. The van der Waals surface area contributed by atoms with Crippen molar-refractivity contribution in [3.8, 4) is 11.5 Å². The largest absolute Gasteiger partial charge is 0.379 e. The molecule has 1 fully saturated rings. The highest BCUT2D eigenvalue weighted by atomic mass is 16.5. The Bertz CT molecular complexity index is 979. The Hall–Kier alpha value is -2.91. The van der Waals surface area contributed by atoms with Crippen molar-refractivity contribution in [1.29, 1.82) is 0 Å². The summed E-state index contributed by atoms with van der Waals surface area (Å²) in [5.41, 5.74) is 0.724. The standard InChI is InChI=1S/C18H21N7O2/c1-12-22-23-18(24(12)2)15-7-13-8-16(20-10-14(13)9-19-15)21-17(26)11-25-3-5-27-6-4-25/h7-10H,3-6,11H2,1-2H3,(H,20,21,26). The summed E-state index contributed by atoms with van der Waals surface area (Å²) in [6.07, 6.45) is 3.46. The highest BCUT2D eigenvalue weighted by Gasteiger charge is 2.15. The maximum Gasteiger partial charge on any atom is 0.239 e. The van der Waals surface area contributed by atoms with Gasteiger partial charge in [0.15, 0.2) is 5.82 Å². The summed E-state index contributed by atoms with van der Waals surface area (Å²) in [6, 6.07) is 3.78. The van der Waals surface area contributed by atoms with Gasteiger partial charge in [-0.2, -0.15) is 0 Å². The van der Waals surface area contributed by atoms with Gasteiger partial charge in [0.05, 0.1) is 19.8 Å². The number of ether oxygens (including phenoxy) is 1. The molecule has 1 N–H and O–H groups in total. The number of aryl methyl sites for hydroxylation is 1. The van der Waals surface area contributed by atoms with Crippen LogP contribution in [0.3, 0.4) is 0 Å². The molecular weight excluding hydrogens is 346 g/mol. The topological polar surface area (TPSA) is 98.1 Å². The van der Waals surface area contributed by atoms with E-state index in [0.717, 1.165) is 35.4 Å². The molecule has 27 heavy (non-hydrogen) atoms. The molecular formula is C18H21N7O2. The van der Waals surface area contributed by atoms with Gasteiger partial charge in [-0.05, 0) is 24.4 Å². The van der Waals surface area contributed by atoms with Crippen LogP contribution in [0.15, 0.2) is 24.5 Å². The molecule has 0 saturated carbocycles. The van der Waals surface area contributed by atoms with E-state index in [1.165, 1.54) is 0 Å². The van der Waals surface area contributed by atoms with Crippen LogP contribution >= 0.6 is 0 Å². The molecule has 1 aliphatic rings. The van der Waals surface area contributed by atoms with Crippen molar-refractivity contribution in [3.05, 3.63) is 30.4 Å². The SMILES string of the molecule is Cc1nnc(-c2cc3cc(NC(=O)CN4CCOCC4)ncc3cn2)n1C. The number of amides is 1. The molecule has 9 nitrogen and oxygen atoms in total. The van der Waals surface area contributed by atoms with E-state index in [1.54, 1.807) is 12.4 Å². The third-order valence-corrected chi connectivity index (χ3v) is 4.66. The number of carbonyl (C=O) groups is 1. The van der Waals surface area contributed by atoms with Crippen LogP contribution in [0.1, 0.15) is 5.82 Å². The molecule has 9 heteroatoms. The molecule has 140 valence electrons. The molecule has 0 radical (unpaired) electrons. The van der Waals surface area contributed by atoms with Crippen molar-refractivity contribution in [2.24, 2.45) is 7.05 Å². The Morgan fingerprint density at radius 3 is 2.67 bits per heavy atom. The monoisotopic (exact) mass is 367 g/mol. The molecule has 0 aliphatic carbocycles. The lowest BCUT2D eigenvalue weighted by molar-refractivity contribution is -0.118. The number of aromatic nitrogens is 5. The minimum Gasteiger partial charge on any atom is -0.379 e. The van der Waals surface area contributed by atoms with E-state index < -0.39 is 0 Å². The molecule has 4 heterocycles. The maximum atomic E-state index is 12.3. The van der Waals surface area contributed by atoms with Crippen LogP contribution in [0, 0.1) is 6.92 Å². The van der Waals surface area contributed by atoms with Gasteiger partial charge in [0, 0.05) is 37.9 Å². The van der Waals surface area contributed by atoms with Crippen LogP contribution in [0.4, 0.5) is 5.82 Å². The summed E-state index contributed by atoms with van der Waals surface area (Å²) >= 11 is 0. The number of pyridine rings is 2. The Labute approximate surface area is 156 Å². The van der Waals surface area contributed by atoms with Crippen molar-refractivity contribution in [2.75, 3.05) is 38.2 Å². The minimum absolute atomic E-state index is 0.0815. The number of hydrogen-bond acceptors (Lipinski definition) is 7. The fourth-order valence-electron chi connectivity index (χ4n) is 3.00. The zero-order valence-electron chi connectivity index (χ0n) is 15.3. The fourth-order valence-corrected chi connectivity index (χ4v) is 3.00. The summed E-state index contributed by atoms with van der Waals surface area (Å²) in [4.78, 5) is 23.1. The van der Waals surface area contributed by atoms with Crippen LogP contribution in [-0.4, -0.2) is 68.4 Å². The number of fused-ring (bicyclic) bond motifs is 1. The van der Waals surface area contributed by atoms with Crippen molar-refractivity contribution in [2.45, 2.75) is 6.92 Å². The van der Waals surface area contributed by atoms with Gasteiger partial charge in [0.2, 0.25) is 5.91 Å². The van der Waals surface area contributed by atoms with Crippen molar-refractivity contribution in [3.63, 3.8) is 0 Å². The first-order valence-corrected chi connectivity index (χ1v) is 8.82. The highest BCUT2D eigenvalue weighted by Crippen LogP contribution is 2.22. The van der Waals surface area contributed by atoms with Gasteiger partial charge >= 0.3 is 0 Å². The first-order valence-electron chi connectivity index (χ1n) is 8.82. The van der Waals surface area contributed by atoms with Crippen LogP contribution in [0.2, 0.25) is 0 Å². The Morgan fingerprint density at radius 2 is 1.93 bits per heavy atom. The van der Waals surface area contributed by atoms with Gasteiger partial charge in [0.25, 0.3) is 0 Å². The molecule has 3 aromatic rings. The molecule has 0 aromatic carbocycles. The Balaban J connectivity index is 1.53. The van der Waals surface area contributed by atoms with E-state index in [2.05, 4.69) is 30.4 Å². The van der Waals surface area contributed by atoms with Gasteiger partial charge < -0.3 is 14.6 Å². The smallest absolute Gasteiger partial charge is 0.239 e. The normalized spacial score (nSPS) is 15.2. The number of nitrogens with one attached hydrogen (secondary N) is 1. The molecule has 1 amide bonds. The quantitative estimate of drug-likeness (QED) is 0.735. The van der Waals surface area contributed by atoms with Crippen LogP contribution in [0.5, 0.6) is 0 Å². The second kappa shape index (κ2) is 7.37. The average Bonchev–Trinajstić information content (AvgIpc) is 3.01. The summed E-state index contributed by atoms with van der Waals surface area (Å²) < 4.78 is 7.19. The lowest BCUT2D eigenvalue weighted by Crippen LogP contribution is -2.41. The second-order valence-corrected chi connectivity index (χ2v) is 6.55. The summed E-state index contributed by atoms with van der Waals surface area (Å²) in [6.45, 7) is 5.10. The lowest BCUT2D eigenvalue weighted by Gasteiger charge is -2.25. The molecule has 1 saturated heterocycles. The number of carbonyl (C=O) groups excluding carboxylic acids is 1. The zero-order chi connectivity index (χ0) is 18.8. The fraction of sp³-hybridized carbons (Fsp3) is 0.389. The van der Waals surface area contributed by atoms with E-state index in [4.69, 9.17) is 4.74 Å². The van der Waals surface area contributed by atoms with Crippen molar-refractivity contribution in [1.82, 2.24) is 29.6 Å². The van der Waals surface area contributed by atoms with E-state index in [9.17, 15) is 4.79 Å².